The minimum absolute atomic E-state index is 0.0984. The smallest absolute Gasteiger partial charge is 0.314 e. The molecule has 4 aromatic rings. The predicted octanol–water partition coefficient (Wildman–Crippen LogP) is 2.31. The highest BCUT2D eigenvalue weighted by Crippen LogP contribution is 2.30. The number of aromatic hydroxyl groups is 1. The van der Waals surface area contributed by atoms with E-state index in [1.165, 1.54) is 6.20 Å². The monoisotopic (exact) mass is 389 g/mol. The highest BCUT2D eigenvalue weighted by atomic mass is 16.5. The molecule has 5 rings (SSSR count). The fourth-order valence-corrected chi connectivity index (χ4v) is 3.49. The van der Waals surface area contributed by atoms with Crippen LogP contribution in [-0.2, 0) is 0 Å². The Balaban J connectivity index is 1.50. The molecule has 146 valence electrons. The number of benzene rings is 1. The van der Waals surface area contributed by atoms with Gasteiger partial charge < -0.3 is 15.2 Å². The van der Waals surface area contributed by atoms with Crippen LogP contribution < -0.4 is 10.1 Å². The second-order valence-electron chi connectivity index (χ2n) is 6.90. The molecule has 1 aliphatic heterocycles. The third kappa shape index (κ3) is 3.59. The van der Waals surface area contributed by atoms with Gasteiger partial charge in [-0.15, -0.1) is 0 Å². The molecule has 1 saturated heterocycles. The van der Waals surface area contributed by atoms with Crippen LogP contribution in [0.2, 0.25) is 0 Å². The van der Waals surface area contributed by atoms with Crippen molar-refractivity contribution in [2.75, 3.05) is 13.1 Å². The van der Waals surface area contributed by atoms with Crippen molar-refractivity contribution in [3.63, 3.8) is 0 Å². The van der Waals surface area contributed by atoms with Crippen LogP contribution in [0, 0.1) is 0 Å². The van der Waals surface area contributed by atoms with E-state index in [-0.39, 0.29) is 12.1 Å². The molecule has 0 radical (unpaired) electrons. The van der Waals surface area contributed by atoms with Crippen LogP contribution in [0.4, 0.5) is 0 Å². The van der Waals surface area contributed by atoms with Crippen LogP contribution >= 0.6 is 0 Å². The standard InChI is InChI=1S/C20H19N7O2/c28-20-23-7-5-15(25-20)12-3-4-16-14(8-12)19(27-26-16)17-10-22-11-18(24-17)29-13-2-1-6-21-9-13/h3-5,7-8,10-11,13,21H,1-2,6,9H2,(H,26,27)(H,23,25,28). The third-order valence-corrected chi connectivity index (χ3v) is 4.90. The molecule has 9 nitrogen and oxygen atoms in total. The summed E-state index contributed by atoms with van der Waals surface area (Å²) in [4.78, 5) is 16.7. The summed E-state index contributed by atoms with van der Waals surface area (Å²) >= 11 is 0. The first-order valence-corrected chi connectivity index (χ1v) is 9.46. The lowest BCUT2D eigenvalue weighted by atomic mass is 10.1. The number of H-pyrrole nitrogens is 1. The van der Waals surface area contributed by atoms with Crippen molar-refractivity contribution in [1.29, 1.82) is 0 Å². The molecule has 1 unspecified atom stereocenters. The Hall–Kier alpha value is -3.59. The van der Waals surface area contributed by atoms with Crippen LogP contribution in [0.15, 0.2) is 42.9 Å². The summed E-state index contributed by atoms with van der Waals surface area (Å²) < 4.78 is 5.99. The van der Waals surface area contributed by atoms with E-state index in [0.29, 0.717) is 23.0 Å². The molecule has 9 heteroatoms. The maximum absolute atomic E-state index is 9.57. The summed E-state index contributed by atoms with van der Waals surface area (Å²) in [7, 11) is 0. The van der Waals surface area contributed by atoms with Gasteiger partial charge in [0.2, 0.25) is 5.88 Å². The average Bonchev–Trinajstić information content (AvgIpc) is 3.18. The van der Waals surface area contributed by atoms with Crippen molar-refractivity contribution in [2.24, 2.45) is 0 Å². The third-order valence-electron chi connectivity index (χ3n) is 4.90. The first-order valence-electron chi connectivity index (χ1n) is 9.46. The van der Waals surface area contributed by atoms with Crippen molar-refractivity contribution in [3.8, 4) is 34.5 Å². The van der Waals surface area contributed by atoms with E-state index < -0.39 is 0 Å². The molecule has 1 atom stereocenters. The number of hydrogen-bond donors (Lipinski definition) is 3. The lowest BCUT2D eigenvalue weighted by molar-refractivity contribution is 0.160. The lowest BCUT2D eigenvalue weighted by Gasteiger charge is -2.23. The quantitative estimate of drug-likeness (QED) is 0.486. The molecule has 1 fully saturated rings. The van der Waals surface area contributed by atoms with Crippen molar-refractivity contribution in [2.45, 2.75) is 18.9 Å². The number of piperidine rings is 1. The van der Waals surface area contributed by atoms with E-state index in [9.17, 15) is 5.11 Å². The van der Waals surface area contributed by atoms with Gasteiger partial charge in [0.25, 0.3) is 0 Å². The summed E-state index contributed by atoms with van der Waals surface area (Å²) in [5.41, 5.74) is 3.64. The summed E-state index contributed by atoms with van der Waals surface area (Å²) in [6.07, 6.45) is 7.00. The molecular formula is C20H19N7O2. The van der Waals surface area contributed by atoms with E-state index in [0.717, 1.165) is 42.4 Å². The Morgan fingerprint density at radius 3 is 2.93 bits per heavy atom. The van der Waals surface area contributed by atoms with E-state index in [1.807, 2.05) is 18.2 Å². The van der Waals surface area contributed by atoms with Crippen LogP contribution in [0.3, 0.4) is 0 Å². The zero-order chi connectivity index (χ0) is 19.6. The molecular weight excluding hydrogens is 370 g/mol. The van der Waals surface area contributed by atoms with E-state index >= 15 is 0 Å². The largest absolute Gasteiger partial charge is 0.479 e. The fourth-order valence-electron chi connectivity index (χ4n) is 3.49. The zero-order valence-corrected chi connectivity index (χ0v) is 15.5. The predicted molar refractivity (Wildman–Crippen MR) is 106 cm³/mol. The van der Waals surface area contributed by atoms with Gasteiger partial charge in [0, 0.05) is 23.7 Å². The zero-order valence-electron chi connectivity index (χ0n) is 15.5. The number of nitrogens with one attached hydrogen (secondary N) is 2. The second kappa shape index (κ2) is 7.44. The van der Waals surface area contributed by atoms with Crippen LogP contribution in [-0.4, -0.2) is 54.4 Å². The van der Waals surface area contributed by atoms with Gasteiger partial charge in [-0.05, 0) is 37.6 Å². The number of hydrogen-bond acceptors (Lipinski definition) is 8. The average molecular weight is 389 g/mol. The molecule has 29 heavy (non-hydrogen) atoms. The van der Waals surface area contributed by atoms with Crippen molar-refractivity contribution in [1.82, 2.24) is 35.5 Å². The number of nitrogens with zero attached hydrogens (tertiary/aromatic N) is 5. The molecule has 3 aromatic heterocycles. The second-order valence-corrected chi connectivity index (χ2v) is 6.90. The Kier molecular flexibility index (Phi) is 4.49. The van der Waals surface area contributed by atoms with E-state index in [2.05, 4.69) is 35.5 Å². The number of aromatic nitrogens is 6. The van der Waals surface area contributed by atoms with Crippen LogP contribution in [0.1, 0.15) is 12.8 Å². The summed E-state index contributed by atoms with van der Waals surface area (Å²) in [6, 6.07) is 7.27. The number of fused-ring (bicyclic) bond motifs is 1. The van der Waals surface area contributed by atoms with E-state index in [1.54, 1.807) is 18.5 Å². The first kappa shape index (κ1) is 17.5. The summed E-state index contributed by atoms with van der Waals surface area (Å²) in [5, 5.41) is 21.2. The molecule has 1 aromatic carbocycles. The summed E-state index contributed by atoms with van der Waals surface area (Å²) in [6.45, 7) is 1.84. The fraction of sp³-hybridized carbons (Fsp3) is 0.250. The Morgan fingerprint density at radius 2 is 2.07 bits per heavy atom. The minimum atomic E-state index is -0.261. The highest BCUT2D eigenvalue weighted by Gasteiger charge is 2.17. The minimum Gasteiger partial charge on any atom is -0.479 e. The van der Waals surface area contributed by atoms with Gasteiger partial charge in [-0.1, -0.05) is 6.07 Å². The maximum atomic E-state index is 9.57. The van der Waals surface area contributed by atoms with E-state index in [4.69, 9.17) is 4.74 Å². The Morgan fingerprint density at radius 1 is 1.10 bits per heavy atom. The highest BCUT2D eigenvalue weighted by molar-refractivity contribution is 5.94. The molecule has 0 spiro atoms. The lowest BCUT2D eigenvalue weighted by Crippen LogP contribution is -2.37. The molecule has 3 N–H and O–H groups in total. The molecule has 0 saturated carbocycles. The summed E-state index contributed by atoms with van der Waals surface area (Å²) in [5.74, 6) is 0.490. The molecule has 1 aliphatic rings. The number of ether oxygens (including phenoxy) is 1. The Labute approximate surface area is 166 Å². The normalized spacial score (nSPS) is 16.8. The molecule has 4 heterocycles. The van der Waals surface area contributed by atoms with Crippen molar-refractivity contribution < 1.29 is 9.84 Å². The van der Waals surface area contributed by atoms with Gasteiger partial charge in [-0.25, -0.2) is 9.97 Å². The van der Waals surface area contributed by atoms with Gasteiger partial charge in [-0.3, -0.25) is 10.1 Å². The van der Waals surface area contributed by atoms with Gasteiger partial charge in [0.05, 0.1) is 23.6 Å². The molecule has 0 aliphatic carbocycles. The van der Waals surface area contributed by atoms with Crippen molar-refractivity contribution in [3.05, 3.63) is 42.9 Å². The van der Waals surface area contributed by atoms with Crippen molar-refractivity contribution >= 4 is 10.9 Å². The van der Waals surface area contributed by atoms with Crippen LogP contribution in [0.25, 0.3) is 33.5 Å². The molecule has 0 amide bonds. The van der Waals surface area contributed by atoms with Gasteiger partial charge >= 0.3 is 6.01 Å². The first-order chi connectivity index (χ1) is 14.3. The maximum Gasteiger partial charge on any atom is 0.314 e. The number of rotatable bonds is 4. The van der Waals surface area contributed by atoms with Gasteiger partial charge in [0.1, 0.15) is 17.5 Å². The molecule has 0 bridgehead atoms. The van der Waals surface area contributed by atoms with Gasteiger partial charge in [0.15, 0.2) is 0 Å². The van der Waals surface area contributed by atoms with Crippen LogP contribution in [0.5, 0.6) is 11.9 Å². The van der Waals surface area contributed by atoms with Gasteiger partial charge in [-0.2, -0.15) is 10.1 Å². The number of aromatic amines is 1. The SMILES string of the molecule is Oc1nccc(-c2ccc3[nH]nc(-c4cncc(OC5CCCNC5)n4)c3c2)n1. The topological polar surface area (TPSA) is 122 Å². The Bertz CT molecular complexity index is 1150.